The van der Waals surface area contributed by atoms with Gasteiger partial charge in [-0.1, -0.05) is 31.2 Å². The number of ether oxygens (including phenoxy) is 2. The van der Waals surface area contributed by atoms with E-state index in [0.29, 0.717) is 30.2 Å². The van der Waals surface area contributed by atoms with Gasteiger partial charge in [0.25, 0.3) is 0 Å². The van der Waals surface area contributed by atoms with Crippen molar-refractivity contribution in [1.29, 1.82) is 0 Å². The van der Waals surface area contributed by atoms with Crippen LogP contribution in [-0.4, -0.2) is 6.61 Å². The fourth-order valence-electron chi connectivity index (χ4n) is 1.89. The van der Waals surface area contributed by atoms with E-state index in [2.05, 4.69) is 0 Å². The largest absolute Gasteiger partial charge is 0.490 e. The number of nitrogens with two attached hydrogens (primary N) is 1. The van der Waals surface area contributed by atoms with Gasteiger partial charge in [0, 0.05) is 12.1 Å². The molecule has 0 heterocycles. The van der Waals surface area contributed by atoms with Crippen molar-refractivity contribution in [2.24, 2.45) is 5.73 Å². The second-order valence-corrected chi connectivity index (χ2v) is 4.71. The van der Waals surface area contributed by atoms with E-state index in [-0.39, 0.29) is 12.4 Å². The lowest BCUT2D eigenvalue weighted by Crippen LogP contribution is -2.03. The SMILES string of the molecule is CCCOc1ccccc1OCc1ccc(CN)cc1F. The minimum Gasteiger partial charge on any atom is -0.490 e. The van der Waals surface area contributed by atoms with Crippen LogP contribution in [0.2, 0.25) is 0 Å². The molecule has 0 unspecified atom stereocenters. The highest BCUT2D eigenvalue weighted by Crippen LogP contribution is 2.27. The van der Waals surface area contributed by atoms with Gasteiger partial charge in [-0.25, -0.2) is 4.39 Å². The first-order valence-corrected chi connectivity index (χ1v) is 7.06. The van der Waals surface area contributed by atoms with Crippen LogP contribution in [0.5, 0.6) is 11.5 Å². The molecule has 0 saturated carbocycles. The molecule has 0 bridgehead atoms. The van der Waals surface area contributed by atoms with Crippen LogP contribution in [0.4, 0.5) is 4.39 Å². The quantitative estimate of drug-likeness (QED) is 0.846. The summed E-state index contributed by atoms with van der Waals surface area (Å²) in [7, 11) is 0. The van der Waals surface area contributed by atoms with Crippen LogP contribution in [0, 0.1) is 5.82 Å². The third-order valence-electron chi connectivity index (χ3n) is 3.05. The molecule has 0 radical (unpaired) electrons. The van der Waals surface area contributed by atoms with Gasteiger partial charge in [-0.05, 0) is 30.2 Å². The molecule has 21 heavy (non-hydrogen) atoms. The molecule has 2 aromatic rings. The van der Waals surface area contributed by atoms with Crippen molar-refractivity contribution in [2.75, 3.05) is 6.61 Å². The van der Waals surface area contributed by atoms with Crippen molar-refractivity contribution in [3.8, 4) is 11.5 Å². The summed E-state index contributed by atoms with van der Waals surface area (Å²) in [6, 6.07) is 12.4. The van der Waals surface area contributed by atoms with E-state index in [1.54, 1.807) is 12.1 Å². The summed E-state index contributed by atoms with van der Waals surface area (Å²) in [4.78, 5) is 0. The predicted octanol–water partition coefficient (Wildman–Crippen LogP) is 3.65. The van der Waals surface area contributed by atoms with E-state index in [4.69, 9.17) is 15.2 Å². The highest BCUT2D eigenvalue weighted by Gasteiger charge is 2.07. The van der Waals surface area contributed by atoms with Gasteiger partial charge in [0.05, 0.1) is 6.61 Å². The van der Waals surface area contributed by atoms with E-state index >= 15 is 0 Å². The zero-order valence-electron chi connectivity index (χ0n) is 12.1. The normalized spacial score (nSPS) is 10.4. The van der Waals surface area contributed by atoms with Gasteiger partial charge in [-0.2, -0.15) is 0 Å². The Bertz CT molecular complexity index is 587. The maximum Gasteiger partial charge on any atom is 0.161 e. The summed E-state index contributed by atoms with van der Waals surface area (Å²) in [5.74, 6) is 0.997. The summed E-state index contributed by atoms with van der Waals surface area (Å²) < 4.78 is 25.2. The maximum absolute atomic E-state index is 13.9. The van der Waals surface area contributed by atoms with Gasteiger partial charge in [0.15, 0.2) is 11.5 Å². The van der Waals surface area contributed by atoms with E-state index in [1.165, 1.54) is 6.07 Å². The first-order chi connectivity index (χ1) is 10.2. The Morgan fingerprint density at radius 3 is 2.38 bits per heavy atom. The van der Waals surface area contributed by atoms with Crippen molar-refractivity contribution in [1.82, 2.24) is 0 Å². The molecular formula is C17H20FNO2. The van der Waals surface area contributed by atoms with Gasteiger partial charge >= 0.3 is 0 Å². The summed E-state index contributed by atoms with van der Waals surface area (Å²) in [5, 5.41) is 0. The Morgan fingerprint density at radius 2 is 1.76 bits per heavy atom. The molecule has 0 aliphatic rings. The predicted molar refractivity (Wildman–Crippen MR) is 80.9 cm³/mol. The number of hydrogen-bond donors (Lipinski definition) is 1. The molecule has 0 spiro atoms. The molecular weight excluding hydrogens is 269 g/mol. The summed E-state index contributed by atoms with van der Waals surface area (Å²) in [5.41, 5.74) is 6.75. The third kappa shape index (κ3) is 4.20. The van der Waals surface area contributed by atoms with E-state index in [0.717, 1.165) is 12.0 Å². The third-order valence-corrected chi connectivity index (χ3v) is 3.05. The minimum absolute atomic E-state index is 0.156. The number of rotatable bonds is 7. The Morgan fingerprint density at radius 1 is 1.05 bits per heavy atom. The smallest absolute Gasteiger partial charge is 0.161 e. The molecule has 0 aromatic heterocycles. The molecule has 0 saturated heterocycles. The molecule has 0 aliphatic carbocycles. The van der Waals surface area contributed by atoms with Crippen LogP contribution >= 0.6 is 0 Å². The van der Waals surface area contributed by atoms with Crippen molar-refractivity contribution in [3.63, 3.8) is 0 Å². The lowest BCUT2D eigenvalue weighted by molar-refractivity contribution is 0.259. The van der Waals surface area contributed by atoms with E-state index < -0.39 is 0 Å². The van der Waals surface area contributed by atoms with Gasteiger partial charge in [-0.3, -0.25) is 0 Å². The first-order valence-electron chi connectivity index (χ1n) is 7.06. The van der Waals surface area contributed by atoms with Gasteiger partial charge in [-0.15, -0.1) is 0 Å². The molecule has 2 aromatic carbocycles. The Labute approximate surface area is 124 Å². The van der Waals surface area contributed by atoms with E-state index in [9.17, 15) is 4.39 Å². The average Bonchev–Trinajstić information content (AvgIpc) is 2.52. The summed E-state index contributed by atoms with van der Waals surface area (Å²) in [6.07, 6.45) is 0.920. The second-order valence-electron chi connectivity index (χ2n) is 4.71. The van der Waals surface area contributed by atoms with Crippen LogP contribution in [0.1, 0.15) is 24.5 Å². The first kappa shape index (κ1) is 15.3. The zero-order chi connectivity index (χ0) is 15.1. The average molecular weight is 289 g/mol. The lowest BCUT2D eigenvalue weighted by atomic mass is 10.1. The second kappa shape index (κ2) is 7.64. The highest BCUT2D eigenvalue weighted by atomic mass is 19.1. The van der Waals surface area contributed by atoms with Crippen LogP contribution < -0.4 is 15.2 Å². The fourth-order valence-corrected chi connectivity index (χ4v) is 1.89. The molecule has 4 heteroatoms. The number of para-hydroxylation sites is 2. The monoisotopic (exact) mass is 289 g/mol. The van der Waals surface area contributed by atoms with Crippen LogP contribution in [0.3, 0.4) is 0 Å². The Balaban J connectivity index is 2.06. The topological polar surface area (TPSA) is 44.5 Å². The molecule has 0 amide bonds. The summed E-state index contributed by atoms with van der Waals surface area (Å²) in [6.45, 7) is 3.15. The van der Waals surface area contributed by atoms with Crippen molar-refractivity contribution < 1.29 is 13.9 Å². The lowest BCUT2D eigenvalue weighted by Gasteiger charge is -2.12. The molecule has 0 aliphatic heterocycles. The maximum atomic E-state index is 13.9. The fraction of sp³-hybridized carbons (Fsp3) is 0.294. The molecule has 3 nitrogen and oxygen atoms in total. The van der Waals surface area contributed by atoms with Gasteiger partial charge < -0.3 is 15.2 Å². The van der Waals surface area contributed by atoms with Crippen molar-refractivity contribution in [2.45, 2.75) is 26.5 Å². The van der Waals surface area contributed by atoms with Gasteiger partial charge in [0.1, 0.15) is 12.4 Å². The standard InChI is InChI=1S/C17H20FNO2/c1-2-9-20-16-5-3-4-6-17(16)21-12-14-8-7-13(11-19)10-15(14)18/h3-8,10H,2,9,11-12,19H2,1H3. The number of halogens is 1. The highest BCUT2D eigenvalue weighted by molar-refractivity contribution is 5.39. The van der Waals surface area contributed by atoms with E-state index in [1.807, 2.05) is 31.2 Å². The molecule has 2 N–H and O–H groups in total. The number of benzene rings is 2. The molecule has 0 atom stereocenters. The molecule has 112 valence electrons. The van der Waals surface area contributed by atoms with Crippen molar-refractivity contribution >= 4 is 0 Å². The molecule has 0 fully saturated rings. The molecule has 2 rings (SSSR count). The minimum atomic E-state index is -0.301. The Kier molecular flexibility index (Phi) is 5.58. The van der Waals surface area contributed by atoms with Crippen LogP contribution in [-0.2, 0) is 13.2 Å². The van der Waals surface area contributed by atoms with Crippen LogP contribution in [0.15, 0.2) is 42.5 Å². The van der Waals surface area contributed by atoms with Crippen LogP contribution in [0.25, 0.3) is 0 Å². The van der Waals surface area contributed by atoms with Crippen molar-refractivity contribution in [3.05, 3.63) is 59.4 Å². The number of hydrogen-bond acceptors (Lipinski definition) is 3. The van der Waals surface area contributed by atoms with Gasteiger partial charge in [0.2, 0.25) is 0 Å². The zero-order valence-corrected chi connectivity index (χ0v) is 12.1. The Hall–Kier alpha value is -2.07. The summed E-state index contributed by atoms with van der Waals surface area (Å²) >= 11 is 0.